The first-order chi connectivity index (χ1) is 18.7. The smallest absolute Gasteiger partial charge is 0.222 e. The number of anilines is 1. The van der Waals surface area contributed by atoms with Crippen LogP contribution < -0.4 is 4.90 Å². The first kappa shape index (κ1) is 25.8. The van der Waals surface area contributed by atoms with E-state index in [1.165, 1.54) is 17.5 Å². The van der Waals surface area contributed by atoms with Crippen molar-refractivity contribution in [3.8, 4) is 0 Å². The SMILES string of the molecule is O=C(CC[C@@H]1CN(C2Cc3ccccc3C2)CC[C@@H]1N1CCN(c2ccccc2F)CC1)N1CCCCC1. The van der Waals surface area contributed by atoms with Crippen molar-refractivity contribution < 1.29 is 9.18 Å². The summed E-state index contributed by atoms with van der Waals surface area (Å²) in [6.07, 6.45) is 8.68. The van der Waals surface area contributed by atoms with Crippen LogP contribution >= 0.6 is 0 Å². The number of likely N-dealkylation sites (tertiary alicyclic amines) is 2. The lowest BCUT2D eigenvalue weighted by molar-refractivity contribution is -0.132. The molecular formula is C32H43FN4O. The highest BCUT2D eigenvalue weighted by atomic mass is 19.1. The molecule has 0 N–H and O–H groups in total. The van der Waals surface area contributed by atoms with E-state index in [0.29, 0.717) is 30.3 Å². The Morgan fingerprint density at radius 1 is 0.789 bits per heavy atom. The number of benzene rings is 2. The maximum atomic E-state index is 14.4. The molecule has 38 heavy (non-hydrogen) atoms. The molecule has 2 aromatic carbocycles. The fraction of sp³-hybridized carbons (Fsp3) is 0.594. The van der Waals surface area contributed by atoms with E-state index in [9.17, 15) is 9.18 Å². The van der Waals surface area contributed by atoms with E-state index < -0.39 is 0 Å². The largest absolute Gasteiger partial charge is 0.367 e. The minimum Gasteiger partial charge on any atom is -0.367 e. The first-order valence-corrected chi connectivity index (χ1v) is 15.0. The Balaban J connectivity index is 1.11. The molecule has 3 heterocycles. The molecule has 2 atom stereocenters. The van der Waals surface area contributed by atoms with Crippen LogP contribution in [-0.2, 0) is 17.6 Å². The predicted octanol–water partition coefficient (Wildman–Crippen LogP) is 4.60. The van der Waals surface area contributed by atoms with Crippen molar-refractivity contribution >= 4 is 11.6 Å². The van der Waals surface area contributed by atoms with E-state index in [-0.39, 0.29) is 5.82 Å². The number of piperazine rings is 1. The van der Waals surface area contributed by atoms with Gasteiger partial charge in [-0.15, -0.1) is 0 Å². The Kier molecular flexibility index (Phi) is 7.98. The highest BCUT2D eigenvalue weighted by Crippen LogP contribution is 2.33. The van der Waals surface area contributed by atoms with Gasteiger partial charge in [0.25, 0.3) is 0 Å². The molecule has 4 aliphatic rings. The van der Waals surface area contributed by atoms with Gasteiger partial charge in [0.05, 0.1) is 5.69 Å². The Hall–Kier alpha value is -2.44. The number of carbonyl (C=O) groups is 1. The third kappa shape index (κ3) is 5.62. The number of carbonyl (C=O) groups excluding carboxylic acids is 1. The van der Waals surface area contributed by atoms with E-state index in [2.05, 4.69) is 43.9 Å². The van der Waals surface area contributed by atoms with Gasteiger partial charge >= 0.3 is 0 Å². The number of piperidine rings is 2. The van der Waals surface area contributed by atoms with Crippen LogP contribution in [-0.4, -0.2) is 85.0 Å². The quantitative estimate of drug-likeness (QED) is 0.559. The number of halogens is 1. The normalized spacial score (nSPS) is 25.5. The minimum absolute atomic E-state index is 0.124. The molecule has 0 aromatic heterocycles. The standard InChI is InChI=1S/C32H43FN4O/c33-29-10-4-5-11-31(29)35-20-18-34(19-21-35)30-14-17-37(28-22-25-8-2-3-9-26(25)23-28)24-27(30)12-13-32(38)36-15-6-1-7-16-36/h2-5,8-11,27-28,30H,1,6-7,12-24H2/t27-,30+/m1/s1. The highest BCUT2D eigenvalue weighted by molar-refractivity contribution is 5.76. The van der Waals surface area contributed by atoms with Gasteiger partial charge in [0.1, 0.15) is 5.82 Å². The number of para-hydroxylation sites is 1. The lowest BCUT2D eigenvalue weighted by Crippen LogP contribution is -2.58. The average molecular weight is 519 g/mol. The summed E-state index contributed by atoms with van der Waals surface area (Å²) in [5, 5.41) is 0. The molecule has 3 aliphatic heterocycles. The van der Waals surface area contributed by atoms with Crippen LogP contribution in [0.4, 0.5) is 10.1 Å². The third-order valence-electron chi connectivity index (χ3n) is 9.69. The lowest BCUT2D eigenvalue weighted by Gasteiger charge is -2.48. The van der Waals surface area contributed by atoms with Crippen molar-refractivity contribution in [3.05, 3.63) is 65.5 Å². The summed E-state index contributed by atoms with van der Waals surface area (Å²) in [5.41, 5.74) is 3.76. The Labute approximate surface area is 227 Å². The molecule has 6 heteroatoms. The monoisotopic (exact) mass is 518 g/mol. The zero-order valence-corrected chi connectivity index (χ0v) is 22.7. The van der Waals surface area contributed by atoms with E-state index in [4.69, 9.17) is 0 Å². The molecule has 6 rings (SSSR count). The van der Waals surface area contributed by atoms with Crippen molar-refractivity contribution in [2.24, 2.45) is 5.92 Å². The second kappa shape index (κ2) is 11.7. The Morgan fingerprint density at radius 2 is 1.47 bits per heavy atom. The molecule has 1 amide bonds. The van der Waals surface area contributed by atoms with Crippen LogP contribution in [0.5, 0.6) is 0 Å². The van der Waals surface area contributed by atoms with Gasteiger partial charge in [-0.05, 0) is 80.7 Å². The summed E-state index contributed by atoms with van der Waals surface area (Å²) in [5.74, 6) is 0.736. The number of amides is 1. The number of hydrogen-bond donors (Lipinski definition) is 0. The topological polar surface area (TPSA) is 30.0 Å². The summed E-state index contributed by atoms with van der Waals surface area (Å²) in [7, 11) is 0. The van der Waals surface area contributed by atoms with Crippen LogP contribution in [0.3, 0.4) is 0 Å². The van der Waals surface area contributed by atoms with Gasteiger partial charge in [0.15, 0.2) is 0 Å². The Bertz CT molecular complexity index is 1070. The van der Waals surface area contributed by atoms with Crippen LogP contribution in [0, 0.1) is 11.7 Å². The van der Waals surface area contributed by atoms with E-state index in [1.807, 2.05) is 12.1 Å². The molecule has 0 spiro atoms. The zero-order chi connectivity index (χ0) is 25.9. The van der Waals surface area contributed by atoms with Gasteiger partial charge in [-0.2, -0.15) is 0 Å². The molecule has 3 saturated heterocycles. The molecule has 0 saturated carbocycles. The maximum absolute atomic E-state index is 14.4. The van der Waals surface area contributed by atoms with Gasteiger partial charge < -0.3 is 9.80 Å². The van der Waals surface area contributed by atoms with Gasteiger partial charge in [0, 0.05) is 64.3 Å². The summed E-state index contributed by atoms with van der Waals surface area (Å²) in [6.45, 7) is 7.75. The molecular weight excluding hydrogens is 475 g/mol. The maximum Gasteiger partial charge on any atom is 0.222 e. The van der Waals surface area contributed by atoms with Crippen molar-refractivity contribution in [3.63, 3.8) is 0 Å². The van der Waals surface area contributed by atoms with Gasteiger partial charge in [-0.3, -0.25) is 14.6 Å². The molecule has 0 bridgehead atoms. The number of rotatable bonds is 6. The van der Waals surface area contributed by atoms with Crippen molar-refractivity contribution in [1.82, 2.24) is 14.7 Å². The van der Waals surface area contributed by atoms with Gasteiger partial charge in [-0.1, -0.05) is 36.4 Å². The molecule has 204 valence electrons. The van der Waals surface area contributed by atoms with E-state index in [0.717, 1.165) is 96.6 Å². The second-order valence-electron chi connectivity index (χ2n) is 11.9. The van der Waals surface area contributed by atoms with Crippen LogP contribution in [0.25, 0.3) is 0 Å². The van der Waals surface area contributed by atoms with Crippen LogP contribution in [0.15, 0.2) is 48.5 Å². The molecule has 5 nitrogen and oxygen atoms in total. The minimum atomic E-state index is -0.124. The van der Waals surface area contributed by atoms with Gasteiger partial charge in [0.2, 0.25) is 5.91 Å². The lowest BCUT2D eigenvalue weighted by atomic mass is 9.85. The van der Waals surface area contributed by atoms with E-state index in [1.54, 1.807) is 12.1 Å². The van der Waals surface area contributed by atoms with Crippen LogP contribution in [0.1, 0.15) is 49.7 Å². The fourth-order valence-electron chi connectivity index (χ4n) is 7.55. The zero-order valence-electron chi connectivity index (χ0n) is 22.7. The number of hydrogen-bond acceptors (Lipinski definition) is 4. The fourth-order valence-corrected chi connectivity index (χ4v) is 7.55. The molecule has 3 fully saturated rings. The first-order valence-electron chi connectivity index (χ1n) is 15.0. The summed E-state index contributed by atoms with van der Waals surface area (Å²) < 4.78 is 14.4. The van der Waals surface area contributed by atoms with Crippen molar-refractivity contribution in [2.75, 3.05) is 57.3 Å². The molecule has 0 radical (unpaired) electrons. The predicted molar refractivity (Wildman–Crippen MR) is 151 cm³/mol. The van der Waals surface area contributed by atoms with Crippen molar-refractivity contribution in [2.45, 2.75) is 63.5 Å². The third-order valence-corrected chi connectivity index (χ3v) is 9.69. The number of nitrogens with zero attached hydrogens (tertiary/aromatic N) is 4. The van der Waals surface area contributed by atoms with E-state index >= 15 is 0 Å². The summed E-state index contributed by atoms with van der Waals surface area (Å²) in [4.78, 5) is 22.8. The van der Waals surface area contributed by atoms with Gasteiger partial charge in [-0.25, -0.2) is 4.39 Å². The number of fused-ring (bicyclic) bond motifs is 1. The summed E-state index contributed by atoms with van der Waals surface area (Å²) >= 11 is 0. The highest BCUT2D eigenvalue weighted by Gasteiger charge is 2.38. The average Bonchev–Trinajstić information content (AvgIpc) is 3.41. The molecule has 2 aromatic rings. The Morgan fingerprint density at radius 3 is 2.18 bits per heavy atom. The second-order valence-corrected chi connectivity index (χ2v) is 11.9. The van der Waals surface area contributed by atoms with Crippen molar-refractivity contribution in [1.29, 1.82) is 0 Å². The van der Waals surface area contributed by atoms with Crippen LogP contribution in [0.2, 0.25) is 0 Å². The summed E-state index contributed by atoms with van der Waals surface area (Å²) in [6, 6.07) is 17.2. The molecule has 1 aliphatic carbocycles. The molecule has 0 unspecified atom stereocenters.